The predicted molar refractivity (Wildman–Crippen MR) is 120 cm³/mol. The van der Waals surface area contributed by atoms with Gasteiger partial charge in [0.05, 0.1) is 6.10 Å². The number of ether oxygens (including phenoxy) is 2. The van der Waals surface area contributed by atoms with Crippen molar-refractivity contribution in [3.63, 3.8) is 0 Å². The van der Waals surface area contributed by atoms with E-state index in [1.165, 1.54) is 51.4 Å². The number of halogens is 1. The zero-order chi connectivity index (χ0) is 17.8. The summed E-state index contributed by atoms with van der Waals surface area (Å²) in [6, 6.07) is 0. The van der Waals surface area contributed by atoms with Crippen LogP contribution in [-0.4, -0.2) is 52.0 Å². The first kappa shape index (κ1) is 24.0. The van der Waals surface area contributed by atoms with Crippen molar-refractivity contribution in [3.8, 4) is 0 Å². The molecule has 5 nitrogen and oxygen atoms in total. The molecule has 0 bridgehead atoms. The molecule has 0 unspecified atom stereocenters. The van der Waals surface area contributed by atoms with E-state index in [0.717, 1.165) is 51.6 Å². The summed E-state index contributed by atoms with van der Waals surface area (Å²) >= 11 is 0. The van der Waals surface area contributed by atoms with Crippen molar-refractivity contribution in [1.29, 1.82) is 0 Å². The molecule has 2 fully saturated rings. The van der Waals surface area contributed by atoms with Crippen LogP contribution in [0.5, 0.6) is 0 Å². The number of nitrogens with one attached hydrogen (secondary N) is 2. The van der Waals surface area contributed by atoms with E-state index in [2.05, 4.69) is 17.6 Å². The number of hydrogen-bond donors (Lipinski definition) is 2. The summed E-state index contributed by atoms with van der Waals surface area (Å²) in [7, 11) is 1.80. The Hall–Kier alpha value is -0.0800. The van der Waals surface area contributed by atoms with Gasteiger partial charge in [0.15, 0.2) is 5.96 Å². The average Bonchev–Trinajstić information content (AvgIpc) is 3.30. The Kier molecular flexibility index (Phi) is 12.9. The number of aliphatic imine (C=N–C) groups is 1. The van der Waals surface area contributed by atoms with Crippen LogP contribution in [0, 0.1) is 5.41 Å². The molecule has 2 rings (SSSR count). The highest BCUT2D eigenvalue weighted by atomic mass is 127. The molecule has 0 radical (unpaired) electrons. The lowest BCUT2D eigenvalue weighted by atomic mass is 9.83. The lowest BCUT2D eigenvalue weighted by molar-refractivity contribution is 0.0574. The number of nitrogens with zero attached hydrogens (tertiary/aromatic N) is 1. The van der Waals surface area contributed by atoms with Gasteiger partial charge in [-0.2, -0.15) is 0 Å². The highest BCUT2D eigenvalue weighted by Gasteiger charge is 2.33. The summed E-state index contributed by atoms with van der Waals surface area (Å²) in [5.41, 5.74) is 0.351. The lowest BCUT2D eigenvalue weighted by Gasteiger charge is -2.27. The van der Waals surface area contributed by atoms with Gasteiger partial charge in [-0.3, -0.25) is 4.99 Å². The van der Waals surface area contributed by atoms with E-state index in [1.807, 2.05) is 0 Å². The molecule has 26 heavy (non-hydrogen) atoms. The Morgan fingerprint density at radius 2 is 1.81 bits per heavy atom. The maximum Gasteiger partial charge on any atom is 0.191 e. The molecule has 6 heteroatoms. The first-order chi connectivity index (χ1) is 12.3. The minimum Gasteiger partial charge on any atom is -0.385 e. The number of guanidine groups is 1. The quantitative estimate of drug-likeness (QED) is 0.202. The van der Waals surface area contributed by atoms with Gasteiger partial charge in [0.1, 0.15) is 0 Å². The molecule has 2 saturated carbocycles. The number of hydrogen-bond acceptors (Lipinski definition) is 3. The molecular formula is C20H40IN3O2. The van der Waals surface area contributed by atoms with Crippen molar-refractivity contribution in [2.24, 2.45) is 10.4 Å². The van der Waals surface area contributed by atoms with Crippen LogP contribution in [0.3, 0.4) is 0 Å². The van der Waals surface area contributed by atoms with Crippen LogP contribution < -0.4 is 10.6 Å². The fraction of sp³-hybridized carbons (Fsp3) is 0.950. The van der Waals surface area contributed by atoms with Gasteiger partial charge in [-0.05, 0) is 50.9 Å². The maximum atomic E-state index is 5.93. The Labute approximate surface area is 177 Å². The van der Waals surface area contributed by atoms with Crippen LogP contribution in [-0.2, 0) is 9.47 Å². The van der Waals surface area contributed by atoms with Crippen LogP contribution in [0.4, 0.5) is 0 Å². The smallest absolute Gasteiger partial charge is 0.191 e. The second-order valence-electron chi connectivity index (χ2n) is 7.70. The molecule has 0 aromatic heterocycles. The van der Waals surface area contributed by atoms with Crippen molar-refractivity contribution in [3.05, 3.63) is 0 Å². The van der Waals surface area contributed by atoms with Crippen molar-refractivity contribution < 1.29 is 9.47 Å². The molecule has 0 aromatic rings. The zero-order valence-electron chi connectivity index (χ0n) is 16.9. The largest absolute Gasteiger partial charge is 0.385 e. The van der Waals surface area contributed by atoms with Crippen LogP contribution in [0.2, 0.25) is 0 Å². The van der Waals surface area contributed by atoms with Crippen molar-refractivity contribution in [2.45, 2.75) is 77.2 Å². The molecule has 0 heterocycles. The minimum absolute atomic E-state index is 0. The molecule has 0 spiro atoms. The van der Waals surface area contributed by atoms with E-state index < -0.39 is 0 Å². The van der Waals surface area contributed by atoms with Crippen LogP contribution >= 0.6 is 24.0 Å². The van der Waals surface area contributed by atoms with Crippen molar-refractivity contribution in [2.75, 3.05) is 40.0 Å². The van der Waals surface area contributed by atoms with Gasteiger partial charge >= 0.3 is 0 Å². The Morgan fingerprint density at radius 3 is 2.46 bits per heavy atom. The molecule has 2 aliphatic carbocycles. The number of rotatable bonds is 11. The van der Waals surface area contributed by atoms with Gasteiger partial charge in [-0.25, -0.2) is 0 Å². The molecule has 2 aliphatic rings. The minimum atomic E-state index is 0. The van der Waals surface area contributed by atoms with Crippen LogP contribution in [0.15, 0.2) is 4.99 Å². The molecule has 154 valence electrons. The summed E-state index contributed by atoms with van der Waals surface area (Å²) in [5.74, 6) is 0.951. The van der Waals surface area contributed by atoms with Gasteiger partial charge in [0.25, 0.3) is 0 Å². The molecule has 0 atom stereocenters. The van der Waals surface area contributed by atoms with Gasteiger partial charge in [-0.15, -0.1) is 24.0 Å². The lowest BCUT2D eigenvalue weighted by Crippen LogP contribution is -2.39. The molecular weight excluding hydrogens is 441 g/mol. The summed E-state index contributed by atoms with van der Waals surface area (Å²) in [5, 5.41) is 6.85. The van der Waals surface area contributed by atoms with E-state index >= 15 is 0 Å². The predicted octanol–water partition coefficient (Wildman–Crippen LogP) is 4.11. The number of methoxy groups -OCH3 is 1. The first-order valence-electron chi connectivity index (χ1n) is 10.4. The van der Waals surface area contributed by atoms with Gasteiger partial charge in [-0.1, -0.05) is 25.7 Å². The Balaban J connectivity index is 0.00000338. The summed E-state index contributed by atoms with van der Waals surface area (Å²) in [6.07, 6.45) is 13.1. The van der Waals surface area contributed by atoms with Crippen molar-refractivity contribution >= 4 is 29.9 Å². The third-order valence-corrected chi connectivity index (χ3v) is 5.69. The third-order valence-electron chi connectivity index (χ3n) is 5.69. The Morgan fingerprint density at radius 1 is 1.08 bits per heavy atom. The highest BCUT2D eigenvalue weighted by molar-refractivity contribution is 14.0. The van der Waals surface area contributed by atoms with Crippen LogP contribution in [0.1, 0.15) is 71.1 Å². The monoisotopic (exact) mass is 481 g/mol. The normalized spacial score (nSPS) is 20.2. The molecule has 0 saturated heterocycles. The van der Waals surface area contributed by atoms with E-state index in [1.54, 1.807) is 7.11 Å². The second kappa shape index (κ2) is 14.0. The van der Waals surface area contributed by atoms with Crippen molar-refractivity contribution in [1.82, 2.24) is 10.6 Å². The fourth-order valence-corrected chi connectivity index (χ4v) is 4.10. The summed E-state index contributed by atoms with van der Waals surface area (Å²) in [6.45, 7) is 6.55. The maximum absolute atomic E-state index is 5.93. The second-order valence-corrected chi connectivity index (χ2v) is 7.70. The first-order valence-corrected chi connectivity index (χ1v) is 10.4. The van der Waals surface area contributed by atoms with E-state index in [9.17, 15) is 0 Å². The fourth-order valence-electron chi connectivity index (χ4n) is 4.10. The SMILES string of the molecule is CCNC(=NCC1(CCOC)CCCC1)NCCCOC1CCCC1.I. The summed E-state index contributed by atoms with van der Waals surface area (Å²) < 4.78 is 11.3. The average molecular weight is 481 g/mol. The summed E-state index contributed by atoms with van der Waals surface area (Å²) in [4.78, 5) is 4.89. The van der Waals surface area contributed by atoms with Crippen LogP contribution in [0.25, 0.3) is 0 Å². The van der Waals surface area contributed by atoms with E-state index in [4.69, 9.17) is 14.5 Å². The standard InChI is InChI=1S/C20H39N3O2.HI/c1-3-21-19(22-14-8-15-25-18-9-4-5-10-18)23-17-20(13-16-24-2)11-6-7-12-20;/h18H,3-17H2,1-2H3,(H2,21,22,23);1H. The van der Waals surface area contributed by atoms with Gasteiger partial charge in [0.2, 0.25) is 0 Å². The molecule has 0 aromatic carbocycles. The molecule has 0 aliphatic heterocycles. The van der Waals surface area contributed by atoms with Gasteiger partial charge in [0, 0.05) is 40.0 Å². The van der Waals surface area contributed by atoms with E-state index in [-0.39, 0.29) is 24.0 Å². The Bertz CT molecular complexity index is 381. The third kappa shape index (κ3) is 8.74. The van der Waals surface area contributed by atoms with Gasteiger partial charge < -0.3 is 20.1 Å². The topological polar surface area (TPSA) is 54.9 Å². The zero-order valence-corrected chi connectivity index (χ0v) is 19.2. The molecule has 2 N–H and O–H groups in total. The molecule has 0 amide bonds. The van der Waals surface area contributed by atoms with E-state index in [0.29, 0.717) is 11.5 Å². The highest BCUT2D eigenvalue weighted by Crippen LogP contribution is 2.41.